The molecule has 0 fully saturated rings. The third kappa shape index (κ3) is 6.64. The van der Waals surface area contributed by atoms with E-state index in [1.807, 2.05) is 0 Å². The van der Waals surface area contributed by atoms with Gasteiger partial charge < -0.3 is 4.74 Å². The van der Waals surface area contributed by atoms with E-state index in [0.29, 0.717) is 13.0 Å². The lowest BCUT2D eigenvalue weighted by Crippen LogP contribution is -2.06. The first kappa shape index (κ1) is 10.5. The second-order valence-corrected chi connectivity index (χ2v) is 2.00. The van der Waals surface area contributed by atoms with Crippen LogP contribution in [0.5, 0.6) is 0 Å². The summed E-state index contributed by atoms with van der Waals surface area (Å²) in [6, 6.07) is 0. The van der Waals surface area contributed by atoms with E-state index in [1.165, 1.54) is 0 Å². The zero-order valence-corrected chi connectivity index (χ0v) is 6.77. The summed E-state index contributed by atoms with van der Waals surface area (Å²) in [5.41, 5.74) is 7.89. The summed E-state index contributed by atoms with van der Waals surface area (Å²) in [5, 5.41) is 3.20. The van der Waals surface area contributed by atoms with E-state index in [4.69, 9.17) is 10.3 Å². The highest BCUT2D eigenvalue weighted by molar-refractivity contribution is 5.69. The first-order valence-corrected chi connectivity index (χ1v) is 3.58. The lowest BCUT2D eigenvalue weighted by Gasteiger charge is -1.99. The molecule has 0 saturated carbocycles. The number of hydrogen-bond donors (Lipinski definition) is 0. The van der Waals surface area contributed by atoms with Gasteiger partial charge in [0.2, 0.25) is 0 Å². The Bertz CT molecular complexity index is 197. The molecule has 0 heterocycles. The van der Waals surface area contributed by atoms with E-state index in [9.17, 15) is 4.79 Å². The van der Waals surface area contributed by atoms with Gasteiger partial charge in [-0.05, 0) is 12.0 Å². The Morgan fingerprint density at radius 3 is 3.08 bits per heavy atom. The maximum Gasteiger partial charge on any atom is 0.305 e. The Hall–Kier alpha value is -1.48. The molecule has 0 spiro atoms. The molecule has 0 aliphatic carbocycles. The molecule has 5 heteroatoms. The van der Waals surface area contributed by atoms with E-state index in [1.54, 1.807) is 6.08 Å². The first-order chi connectivity index (χ1) is 5.81. The summed E-state index contributed by atoms with van der Waals surface area (Å²) in [6.45, 7) is 3.98. The molecular formula is C7H11N3O2. The monoisotopic (exact) mass is 169 g/mol. The normalized spacial score (nSPS) is 8.33. The number of azide groups is 1. The minimum Gasteiger partial charge on any atom is -0.465 e. The van der Waals surface area contributed by atoms with Crippen molar-refractivity contribution < 1.29 is 9.53 Å². The van der Waals surface area contributed by atoms with Crippen molar-refractivity contribution in [3.63, 3.8) is 0 Å². The molecule has 0 bridgehead atoms. The summed E-state index contributed by atoms with van der Waals surface area (Å²) in [7, 11) is 0. The lowest BCUT2D eigenvalue weighted by molar-refractivity contribution is -0.143. The quantitative estimate of drug-likeness (QED) is 0.152. The molecule has 12 heavy (non-hydrogen) atoms. The molecule has 0 aliphatic heterocycles. The van der Waals surface area contributed by atoms with Crippen LogP contribution in [0, 0.1) is 0 Å². The van der Waals surface area contributed by atoms with Crippen LogP contribution in [0.25, 0.3) is 10.4 Å². The van der Waals surface area contributed by atoms with Crippen LogP contribution < -0.4 is 0 Å². The van der Waals surface area contributed by atoms with Gasteiger partial charge in [-0.1, -0.05) is 11.2 Å². The van der Waals surface area contributed by atoms with E-state index in [-0.39, 0.29) is 18.9 Å². The van der Waals surface area contributed by atoms with Crippen LogP contribution in [0.2, 0.25) is 0 Å². The van der Waals surface area contributed by atoms with Gasteiger partial charge in [-0.15, -0.1) is 6.58 Å². The zero-order valence-electron chi connectivity index (χ0n) is 6.77. The van der Waals surface area contributed by atoms with Gasteiger partial charge in [0.05, 0.1) is 13.0 Å². The highest BCUT2D eigenvalue weighted by Gasteiger charge is 1.99. The first-order valence-electron chi connectivity index (χ1n) is 3.58. The minimum absolute atomic E-state index is 0.140. The molecule has 0 saturated heterocycles. The van der Waals surface area contributed by atoms with Crippen molar-refractivity contribution >= 4 is 5.97 Å². The van der Waals surface area contributed by atoms with Crippen molar-refractivity contribution in [3.8, 4) is 0 Å². The number of esters is 1. The Morgan fingerprint density at radius 1 is 1.75 bits per heavy atom. The van der Waals surface area contributed by atoms with Crippen molar-refractivity contribution in [2.75, 3.05) is 13.2 Å². The van der Waals surface area contributed by atoms with Crippen LogP contribution in [0.15, 0.2) is 17.8 Å². The molecule has 0 atom stereocenters. The number of rotatable bonds is 6. The summed E-state index contributed by atoms with van der Waals surface area (Å²) in [6.07, 6.45) is 2.45. The summed E-state index contributed by atoms with van der Waals surface area (Å²) in [5.74, 6) is -0.343. The second kappa shape index (κ2) is 7.63. The summed E-state index contributed by atoms with van der Waals surface area (Å²) >= 11 is 0. The molecule has 66 valence electrons. The largest absolute Gasteiger partial charge is 0.465 e. The third-order valence-corrected chi connectivity index (χ3v) is 1.06. The molecule has 0 aliphatic rings. The van der Waals surface area contributed by atoms with Crippen molar-refractivity contribution in [1.82, 2.24) is 0 Å². The van der Waals surface area contributed by atoms with Gasteiger partial charge in [0.25, 0.3) is 0 Å². The van der Waals surface area contributed by atoms with E-state index in [0.717, 1.165) is 0 Å². The topological polar surface area (TPSA) is 75.1 Å². The Morgan fingerprint density at radius 2 is 2.50 bits per heavy atom. The van der Waals surface area contributed by atoms with Crippen LogP contribution in [-0.4, -0.2) is 19.1 Å². The lowest BCUT2D eigenvalue weighted by atomic mass is 10.4. The van der Waals surface area contributed by atoms with Crippen molar-refractivity contribution in [2.24, 2.45) is 5.11 Å². The van der Waals surface area contributed by atoms with Crippen LogP contribution in [0.3, 0.4) is 0 Å². The van der Waals surface area contributed by atoms with E-state index < -0.39 is 0 Å². The molecule has 0 rings (SSSR count). The van der Waals surface area contributed by atoms with Crippen molar-refractivity contribution in [2.45, 2.75) is 12.8 Å². The minimum atomic E-state index is -0.343. The molecule has 0 unspecified atom stereocenters. The molecule has 0 aromatic carbocycles. The number of carbonyl (C=O) groups is 1. The van der Waals surface area contributed by atoms with Gasteiger partial charge >= 0.3 is 5.97 Å². The number of ether oxygens (including phenoxy) is 1. The predicted octanol–water partition coefficient (Wildman–Crippen LogP) is 1.81. The fraction of sp³-hybridized carbons (Fsp3) is 0.571. The smallest absolute Gasteiger partial charge is 0.305 e. The molecule has 0 amide bonds. The van der Waals surface area contributed by atoms with Crippen molar-refractivity contribution in [1.29, 1.82) is 0 Å². The average Bonchev–Trinajstić information content (AvgIpc) is 2.06. The van der Waals surface area contributed by atoms with Gasteiger partial charge in [0.15, 0.2) is 0 Å². The van der Waals surface area contributed by atoms with E-state index in [2.05, 4.69) is 16.6 Å². The Labute approximate surface area is 70.6 Å². The van der Waals surface area contributed by atoms with Gasteiger partial charge in [-0.2, -0.15) is 0 Å². The third-order valence-electron chi connectivity index (χ3n) is 1.06. The maximum absolute atomic E-state index is 10.8. The Balaban J connectivity index is 3.33. The van der Waals surface area contributed by atoms with Crippen LogP contribution in [0.1, 0.15) is 12.8 Å². The summed E-state index contributed by atoms with van der Waals surface area (Å²) in [4.78, 5) is 13.3. The number of nitrogens with zero attached hydrogens (tertiary/aromatic N) is 3. The zero-order chi connectivity index (χ0) is 9.23. The molecule has 0 aromatic heterocycles. The second-order valence-electron chi connectivity index (χ2n) is 2.00. The maximum atomic E-state index is 10.8. The Kier molecular flexibility index (Phi) is 6.68. The van der Waals surface area contributed by atoms with Gasteiger partial charge in [-0.3, -0.25) is 4.79 Å². The highest BCUT2D eigenvalue weighted by atomic mass is 16.5. The fourth-order valence-electron chi connectivity index (χ4n) is 0.514. The standard InChI is InChI=1S/C7H11N3O2/c1-2-3-6-12-7(11)4-5-9-10-8/h2H,1,3-6H2. The number of carbonyl (C=O) groups excluding carboxylic acids is 1. The van der Waals surface area contributed by atoms with Crippen LogP contribution in [-0.2, 0) is 9.53 Å². The number of hydrogen-bond acceptors (Lipinski definition) is 3. The molecule has 0 radical (unpaired) electrons. The summed E-state index contributed by atoms with van der Waals surface area (Å²) < 4.78 is 4.74. The van der Waals surface area contributed by atoms with Gasteiger partial charge in [0, 0.05) is 11.5 Å². The van der Waals surface area contributed by atoms with Crippen molar-refractivity contribution in [3.05, 3.63) is 23.1 Å². The average molecular weight is 169 g/mol. The fourth-order valence-corrected chi connectivity index (χ4v) is 0.514. The molecular weight excluding hydrogens is 158 g/mol. The molecule has 0 N–H and O–H groups in total. The van der Waals surface area contributed by atoms with Gasteiger partial charge in [0.1, 0.15) is 0 Å². The molecule has 5 nitrogen and oxygen atoms in total. The SMILES string of the molecule is C=CCCOC(=O)CCN=[N+]=[N-]. The molecule has 0 aromatic rings. The predicted molar refractivity (Wildman–Crippen MR) is 44.4 cm³/mol. The van der Waals surface area contributed by atoms with Crippen LogP contribution >= 0.6 is 0 Å². The van der Waals surface area contributed by atoms with Crippen LogP contribution in [0.4, 0.5) is 0 Å². The van der Waals surface area contributed by atoms with E-state index >= 15 is 0 Å². The van der Waals surface area contributed by atoms with Gasteiger partial charge in [-0.25, -0.2) is 0 Å². The highest BCUT2D eigenvalue weighted by Crippen LogP contribution is 1.90.